The molecule has 3 N–H and O–H groups in total. The van der Waals surface area contributed by atoms with Gasteiger partial charge in [-0.25, -0.2) is 9.78 Å². The van der Waals surface area contributed by atoms with Crippen LogP contribution in [0.3, 0.4) is 0 Å². The molecule has 10 nitrogen and oxygen atoms in total. The molecule has 0 aliphatic carbocycles. The van der Waals surface area contributed by atoms with Gasteiger partial charge in [0.1, 0.15) is 12.9 Å². The number of nitro groups is 1. The first-order valence-corrected chi connectivity index (χ1v) is 4.75. The molecule has 1 aromatic heterocycles. The van der Waals surface area contributed by atoms with Gasteiger partial charge in [-0.1, -0.05) is 0 Å². The lowest BCUT2D eigenvalue weighted by atomic mass is 10.4. The lowest BCUT2D eigenvalue weighted by Crippen LogP contribution is -2.19. The highest BCUT2D eigenvalue weighted by Gasteiger charge is 2.23. The molecule has 0 saturated heterocycles. The molecule has 98 valence electrons. The van der Waals surface area contributed by atoms with Crippen molar-refractivity contribution in [3.05, 3.63) is 16.4 Å². The predicted octanol–water partition coefficient (Wildman–Crippen LogP) is -0.0994. The van der Waals surface area contributed by atoms with Crippen LogP contribution in [0.1, 0.15) is 0 Å². The first-order chi connectivity index (χ1) is 8.56. The molecule has 1 aromatic rings. The molecular weight excluding hydrogens is 246 g/mol. The van der Waals surface area contributed by atoms with E-state index in [4.69, 9.17) is 10.5 Å². The fourth-order valence-electron chi connectivity index (χ4n) is 1.13. The third kappa shape index (κ3) is 3.43. The summed E-state index contributed by atoms with van der Waals surface area (Å²) in [6.07, 6.45) is 0.190. The maximum Gasteiger partial charge on any atom is 0.404 e. The summed E-state index contributed by atoms with van der Waals surface area (Å²) in [5, 5.41) is 13.5. The van der Waals surface area contributed by atoms with E-state index in [1.165, 1.54) is 7.11 Å². The Morgan fingerprint density at radius 3 is 2.89 bits per heavy atom. The Morgan fingerprint density at radius 2 is 2.33 bits per heavy atom. The van der Waals surface area contributed by atoms with Crippen LogP contribution in [-0.2, 0) is 4.74 Å². The number of nitrogens with zero attached hydrogens (tertiary/aromatic N) is 3. The van der Waals surface area contributed by atoms with Gasteiger partial charge in [0.15, 0.2) is 0 Å². The van der Waals surface area contributed by atoms with Gasteiger partial charge in [0.2, 0.25) is 5.82 Å². The predicted molar refractivity (Wildman–Crippen MR) is 59.3 cm³/mol. The largest absolute Gasteiger partial charge is 0.476 e. The van der Waals surface area contributed by atoms with E-state index >= 15 is 0 Å². The summed E-state index contributed by atoms with van der Waals surface area (Å²) in [7, 11) is 1.26. The van der Waals surface area contributed by atoms with Gasteiger partial charge in [0.25, 0.3) is 5.88 Å². The molecule has 1 amide bonds. The van der Waals surface area contributed by atoms with Crippen LogP contribution in [0.15, 0.2) is 6.33 Å². The van der Waals surface area contributed by atoms with Gasteiger partial charge in [-0.2, -0.15) is 4.98 Å². The summed E-state index contributed by atoms with van der Waals surface area (Å²) < 4.78 is 9.21. The molecule has 10 heteroatoms. The van der Waals surface area contributed by atoms with Crippen molar-refractivity contribution >= 4 is 17.6 Å². The van der Waals surface area contributed by atoms with Crippen LogP contribution < -0.4 is 15.8 Å². The van der Waals surface area contributed by atoms with Crippen LogP contribution >= 0.6 is 0 Å². The zero-order valence-corrected chi connectivity index (χ0v) is 9.45. The van der Waals surface area contributed by atoms with Crippen LogP contribution in [0.2, 0.25) is 0 Å². The number of methoxy groups -OCH3 is 1. The number of hydrogen-bond acceptors (Lipinski definition) is 8. The Balaban J connectivity index is 2.75. The van der Waals surface area contributed by atoms with Crippen molar-refractivity contribution in [1.82, 2.24) is 9.97 Å². The lowest BCUT2D eigenvalue weighted by Gasteiger charge is -2.07. The van der Waals surface area contributed by atoms with E-state index in [1.54, 1.807) is 0 Å². The molecule has 0 aromatic carbocycles. The summed E-state index contributed by atoms with van der Waals surface area (Å²) in [4.78, 5) is 27.8. The standard InChI is InChI=1S/C8H11N5O5/c1-17-7-5(13(15)16)6(11-4-12-7)10-2-3-18-8(9)14/h4H,2-3H2,1H3,(H2,9,14)(H,10,11,12). The number of ether oxygens (including phenoxy) is 2. The maximum atomic E-state index is 10.8. The minimum atomic E-state index is -0.924. The van der Waals surface area contributed by atoms with Crippen LogP contribution in [0.4, 0.5) is 16.3 Å². The maximum absolute atomic E-state index is 10.8. The molecule has 0 saturated carbocycles. The second kappa shape index (κ2) is 6.18. The summed E-state index contributed by atoms with van der Waals surface area (Å²) in [5.74, 6) is -0.187. The number of rotatable bonds is 6. The Morgan fingerprint density at radius 1 is 1.61 bits per heavy atom. The highest BCUT2D eigenvalue weighted by molar-refractivity contribution is 5.64. The van der Waals surface area contributed by atoms with Gasteiger partial charge in [-0.3, -0.25) is 10.1 Å². The Hall–Kier alpha value is -2.65. The normalized spacial score (nSPS) is 9.61. The summed E-state index contributed by atoms with van der Waals surface area (Å²) in [5.41, 5.74) is 4.36. The van der Waals surface area contributed by atoms with Crippen molar-refractivity contribution in [2.75, 3.05) is 25.6 Å². The van der Waals surface area contributed by atoms with Crippen molar-refractivity contribution in [3.63, 3.8) is 0 Å². The third-order valence-electron chi connectivity index (χ3n) is 1.80. The van der Waals surface area contributed by atoms with E-state index in [1.807, 2.05) is 0 Å². The highest BCUT2D eigenvalue weighted by atomic mass is 16.6. The first kappa shape index (κ1) is 13.4. The Bertz CT molecular complexity index is 452. The molecule has 0 aliphatic heterocycles. The molecule has 0 bridgehead atoms. The minimum Gasteiger partial charge on any atom is -0.476 e. The number of carbonyl (C=O) groups excluding carboxylic acids is 1. The molecule has 0 unspecified atom stereocenters. The average Bonchev–Trinajstić information content (AvgIpc) is 2.33. The quantitative estimate of drug-likeness (QED) is 0.408. The number of nitrogens with two attached hydrogens (primary N) is 1. The number of nitrogens with one attached hydrogen (secondary N) is 1. The topological polar surface area (TPSA) is 143 Å². The molecule has 0 radical (unpaired) electrons. The van der Waals surface area contributed by atoms with Gasteiger partial charge in [0.05, 0.1) is 18.6 Å². The van der Waals surface area contributed by atoms with Gasteiger partial charge < -0.3 is 20.5 Å². The smallest absolute Gasteiger partial charge is 0.404 e. The monoisotopic (exact) mass is 257 g/mol. The second-order valence-electron chi connectivity index (χ2n) is 2.93. The number of primary amides is 1. The SMILES string of the molecule is COc1ncnc(NCCOC(N)=O)c1[N+](=O)[O-]. The van der Waals surface area contributed by atoms with Crippen LogP contribution in [0.5, 0.6) is 5.88 Å². The summed E-state index contributed by atoms with van der Waals surface area (Å²) in [6.45, 7) is 0.0722. The highest BCUT2D eigenvalue weighted by Crippen LogP contribution is 2.29. The van der Waals surface area contributed by atoms with Crippen LogP contribution in [0, 0.1) is 10.1 Å². The second-order valence-corrected chi connectivity index (χ2v) is 2.93. The van der Waals surface area contributed by atoms with E-state index < -0.39 is 11.0 Å². The molecular formula is C8H11N5O5. The average molecular weight is 257 g/mol. The number of hydrogen-bond donors (Lipinski definition) is 2. The van der Waals surface area contributed by atoms with Crippen LogP contribution in [0.25, 0.3) is 0 Å². The number of anilines is 1. The summed E-state index contributed by atoms with van der Waals surface area (Å²) >= 11 is 0. The minimum absolute atomic E-state index is 0.0279. The Kier molecular flexibility index (Phi) is 4.60. The molecule has 0 spiro atoms. The van der Waals surface area contributed by atoms with Gasteiger partial charge >= 0.3 is 11.8 Å². The fourth-order valence-corrected chi connectivity index (χ4v) is 1.13. The van der Waals surface area contributed by atoms with Crippen LogP contribution in [-0.4, -0.2) is 41.2 Å². The fraction of sp³-hybridized carbons (Fsp3) is 0.375. The van der Waals surface area contributed by atoms with E-state index in [0.717, 1.165) is 6.33 Å². The molecule has 0 atom stereocenters. The first-order valence-electron chi connectivity index (χ1n) is 4.75. The van der Waals surface area contributed by atoms with Gasteiger partial charge in [-0.15, -0.1) is 0 Å². The zero-order chi connectivity index (χ0) is 13.5. The lowest BCUT2D eigenvalue weighted by molar-refractivity contribution is -0.385. The van der Waals surface area contributed by atoms with Crippen molar-refractivity contribution in [2.24, 2.45) is 5.73 Å². The van der Waals surface area contributed by atoms with Gasteiger partial charge in [0, 0.05) is 0 Å². The number of aromatic nitrogens is 2. The molecule has 1 rings (SSSR count). The van der Waals surface area contributed by atoms with Gasteiger partial charge in [-0.05, 0) is 0 Å². The third-order valence-corrected chi connectivity index (χ3v) is 1.80. The molecule has 1 heterocycles. The molecule has 0 fully saturated rings. The number of carbonyl (C=O) groups is 1. The van der Waals surface area contributed by atoms with E-state index in [-0.39, 0.29) is 30.5 Å². The Labute approximate surface area is 101 Å². The van der Waals surface area contributed by atoms with E-state index in [2.05, 4.69) is 20.0 Å². The van der Waals surface area contributed by atoms with Crippen molar-refractivity contribution < 1.29 is 19.2 Å². The molecule has 0 aliphatic rings. The van der Waals surface area contributed by atoms with E-state index in [9.17, 15) is 14.9 Å². The van der Waals surface area contributed by atoms with Crippen molar-refractivity contribution in [1.29, 1.82) is 0 Å². The van der Waals surface area contributed by atoms with Crippen molar-refractivity contribution in [2.45, 2.75) is 0 Å². The van der Waals surface area contributed by atoms with E-state index in [0.29, 0.717) is 0 Å². The summed E-state index contributed by atoms with van der Waals surface area (Å²) in [6, 6.07) is 0. The molecule has 18 heavy (non-hydrogen) atoms. The van der Waals surface area contributed by atoms with Crippen molar-refractivity contribution in [3.8, 4) is 5.88 Å². The zero-order valence-electron chi connectivity index (χ0n) is 9.45. The number of amides is 1.